The van der Waals surface area contributed by atoms with Gasteiger partial charge in [0.15, 0.2) is 0 Å². The topological polar surface area (TPSA) is 86.7 Å². The molecule has 2 rings (SSSR count). The number of nitrogens with zero attached hydrogens (tertiary/aromatic N) is 1. The summed E-state index contributed by atoms with van der Waals surface area (Å²) in [7, 11) is 0. The van der Waals surface area contributed by atoms with Crippen molar-refractivity contribution in [2.24, 2.45) is 0 Å². The first kappa shape index (κ1) is 13.9. The maximum Gasteiger partial charge on any atom is 0.325 e. The molecule has 6 nitrogen and oxygen atoms in total. The van der Waals surface area contributed by atoms with Gasteiger partial charge in [0.25, 0.3) is 5.91 Å². The Bertz CT molecular complexity index is 619. The molecule has 1 heterocycles. The van der Waals surface area contributed by atoms with Gasteiger partial charge in [-0.05, 0) is 13.0 Å². The average Bonchev–Trinajstić information content (AvgIpc) is 2.53. The van der Waals surface area contributed by atoms with E-state index in [1.807, 2.05) is 0 Å². The molecule has 0 saturated carbocycles. The molecule has 0 bridgehead atoms. The number of amides is 3. The number of benzene rings is 1. The van der Waals surface area contributed by atoms with Crippen molar-refractivity contribution in [2.75, 3.05) is 6.54 Å². The number of carbonyl (C=O) groups excluding carboxylic acids is 2. The Hall–Kier alpha value is -2.51. The zero-order chi connectivity index (χ0) is 15.1. The predicted molar refractivity (Wildman–Crippen MR) is 61.6 cm³/mol. The van der Waals surface area contributed by atoms with E-state index >= 15 is 0 Å². The SMILES string of the molecule is C[C@]1(c2ccc(F)cc2F)NC(=O)N(CC(=O)O)C1=O. The molecule has 0 aromatic heterocycles. The van der Waals surface area contributed by atoms with Crippen LogP contribution in [0.1, 0.15) is 12.5 Å². The first-order chi connectivity index (χ1) is 9.25. The van der Waals surface area contributed by atoms with Crippen molar-refractivity contribution in [3.8, 4) is 0 Å². The van der Waals surface area contributed by atoms with Gasteiger partial charge in [-0.1, -0.05) is 6.07 Å². The molecule has 1 aliphatic rings. The largest absolute Gasteiger partial charge is 0.480 e. The molecule has 0 unspecified atom stereocenters. The van der Waals surface area contributed by atoms with Crippen LogP contribution in [0, 0.1) is 11.6 Å². The number of hydrogen-bond donors (Lipinski definition) is 2. The van der Waals surface area contributed by atoms with Gasteiger partial charge in [-0.3, -0.25) is 14.5 Å². The number of carboxylic acid groups (broad SMARTS) is 1. The van der Waals surface area contributed by atoms with Gasteiger partial charge in [-0.15, -0.1) is 0 Å². The number of carboxylic acids is 1. The van der Waals surface area contributed by atoms with Crippen LogP contribution in [0.2, 0.25) is 0 Å². The molecular formula is C12H10F2N2O4. The van der Waals surface area contributed by atoms with Gasteiger partial charge in [0.1, 0.15) is 23.7 Å². The molecule has 1 atom stereocenters. The molecule has 20 heavy (non-hydrogen) atoms. The Kier molecular flexibility index (Phi) is 3.16. The van der Waals surface area contributed by atoms with Crippen molar-refractivity contribution in [1.82, 2.24) is 10.2 Å². The second kappa shape index (κ2) is 4.55. The number of aliphatic carboxylic acids is 1. The van der Waals surface area contributed by atoms with Crippen LogP contribution in [-0.4, -0.2) is 34.5 Å². The van der Waals surface area contributed by atoms with Gasteiger partial charge >= 0.3 is 12.0 Å². The highest BCUT2D eigenvalue weighted by Gasteiger charge is 2.50. The molecule has 0 spiro atoms. The lowest BCUT2D eigenvalue weighted by Crippen LogP contribution is -2.42. The normalized spacial score (nSPS) is 22.1. The van der Waals surface area contributed by atoms with Crippen molar-refractivity contribution < 1.29 is 28.3 Å². The molecule has 1 aromatic carbocycles. The first-order valence-electron chi connectivity index (χ1n) is 5.57. The molecule has 3 amide bonds. The third-order valence-corrected chi connectivity index (χ3v) is 3.04. The maximum absolute atomic E-state index is 13.8. The van der Waals surface area contributed by atoms with Crippen LogP contribution in [0.5, 0.6) is 0 Å². The van der Waals surface area contributed by atoms with Gasteiger partial charge in [-0.2, -0.15) is 0 Å². The van der Waals surface area contributed by atoms with Crippen molar-refractivity contribution in [3.63, 3.8) is 0 Å². The van der Waals surface area contributed by atoms with E-state index in [2.05, 4.69) is 5.32 Å². The lowest BCUT2D eigenvalue weighted by Gasteiger charge is -2.22. The fourth-order valence-electron chi connectivity index (χ4n) is 2.05. The molecular weight excluding hydrogens is 274 g/mol. The quantitative estimate of drug-likeness (QED) is 0.804. The third kappa shape index (κ3) is 2.09. The average molecular weight is 284 g/mol. The lowest BCUT2D eigenvalue weighted by molar-refractivity contribution is -0.142. The summed E-state index contributed by atoms with van der Waals surface area (Å²) >= 11 is 0. The second-order valence-corrected chi connectivity index (χ2v) is 4.46. The zero-order valence-electron chi connectivity index (χ0n) is 10.3. The molecule has 8 heteroatoms. The van der Waals surface area contributed by atoms with E-state index in [4.69, 9.17) is 5.11 Å². The number of nitrogens with one attached hydrogen (secondary N) is 1. The van der Waals surface area contributed by atoms with Crippen LogP contribution < -0.4 is 5.32 Å². The van der Waals surface area contributed by atoms with Gasteiger partial charge in [0.2, 0.25) is 0 Å². The fourth-order valence-corrected chi connectivity index (χ4v) is 2.05. The minimum atomic E-state index is -1.76. The van der Waals surface area contributed by atoms with E-state index in [1.54, 1.807) is 0 Å². The van der Waals surface area contributed by atoms with Gasteiger partial charge < -0.3 is 10.4 Å². The predicted octanol–water partition coefficient (Wildman–Crippen LogP) is 0.816. The molecule has 2 N–H and O–H groups in total. The van der Waals surface area contributed by atoms with Gasteiger partial charge in [-0.25, -0.2) is 13.6 Å². The van der Waals surface area contributed by atoms with E-state index in [0.29, 0.717) is 11.0 Å². The van der Waals surface area contributed by atoms with Crippen molar-refractivity contribution in [2.45, 2.75) is 12.5 Å². The van der Waals surface area contributed by atoms with Gasteiger partial charge in [0.05, 0.1) is 0 Å². The summed E-state index contributed by atoms with van der Waals surface area (Å²) in [5, 5.41) is 10.9. The van der Waals surface area contributed by atoms with Crippen molar-refractivity contribution >= 4 is 17.9 Å². The molecule has 1 aromatic rings. The van der Waals surface area contributed by atoms with Crippen LogP contribution in [0.3, 0.4) is 0 Å². The Morgan fingerprint density at radius 3 is 2.60 bits per heavy atom. The second-order valence-electron chi connectivity index (χ2n) is 4.46. The monoisotopic (exact) mass is 284 g/mol. The summed E-state index contributed by atoms with van der Waals surface area (Å²) < 4.78 is 26.6. The third-order valence-electron chi connectivity index (χ3n) is 3.04. The first-order valence-corrected chi connectivity index (χ1v) is 5.57. The number of carbonyl (C=O) groups is 3. The van der Waals surface area contributed by atoms with Gasteiger partial charge in [0, 0.05) is 11.6 Å². The highest BCUT2D eigenvalue weighted by Crippen LogP contribution is 2.30. The van der Waals surface area contributed by atoms with Crippen LogP contribution >= 0.6 is 0 Å². The molecule has 106 valence electrons. The van der Waals surface area contributed by atoms with Crippen LogP contribution in [-0.2, 0) is 15.1 Å². The fraction of sp³-hybridized carbons (Fsp3) is 0.250. The molecule has 0 radical (unpaired) electrons. The summed E-state index contributed by atoms with van der Waals surface area (Å²) in [6.45, 7) is 0.397. The van der Waals surface area contributed by atoms with Crippen molar-refractivity contribution in [1.29, 1.82) is 0 Å². The highest BCUT2D eigenvalue weighted by atomic mass is 19.1. The number of hydrogen-bond acceptors (Lipinski definition) is 3. The molecule has 1 aliphatic heterocycles. The van der Waals surface area contributed by atoms with E-state index in [1.165, 1.54) is 6.92 Å². The summed E-state index contributed by atoms with van der Waals surface area (Å²) in [6.07, 6.45) is 0. The molecule has 1 saturated heterocycles. The Balaban J connectivity index is 2.43. The van der Waals surface area contributed by atoms with E-state index in [0.717, 1.165) is 12.1 Å². The minimum Gasteiger partial charge on any atom is -0.480 e. The Morgan fingerprint density at radius 2 is 2.05 bits per heavy atom. The van der Waals surface area contributed by atoms with E-state index < -0.39 is 41.6 Å². The number of imide groups is 1. The Morgan fingerprint density at radius 1 is 1.40 bits per heavy atom. The smallest absolute Gasteiger partial charge is 0.325 e. The number of rotatable bonds is 3. The van der Waals surface area contributed by atoms with Crippen LogP contribution in [0.15, 0.2) is 18.2 Å². The maximum atomic E-state index is 13.8. The lowest BCUT2D eigenvalue weighted by atomic mass is 9.91. The number of urea groups is 1. The summed E-state index contributed by atoms with van der Waals surface area (Å²) in [5.74, 6) is -4.11. The number of halogens is 2. The summed E-state index contributed by atoms with van der Waals surface area (Å²) in [6, 6.07) is 1.62. The minimum absolute atomic E-state index is 0.231. The summed E-state index contributed by atoms with van der Waals surface area (Å²) in [4.78, 5) is 34.8. The summed E-state index contributed by atoms with van der Waals surface area (Å²) in [5.41, 5.74) is -1.99. The Labute approximate surface area is 112 Å². The van der Waals surface area contributed by atoms with Crippen molar-refractivity contribution in [3.05, 3.63) is 35.4 Å². The standard InChI is InChI=1S/C12H10F2N2O4/c1-12(7-3-2-6(13)4-8(7)14)10(19)16(5-9(17)18)11(20)15-12/h2-4H,5H2,1H3,(H,15,20)(H,17,18)/t12-/m1/s1. The van der Waals surface area contributed by atoms with Crippen LogP contribution in [0.25, 0.3) is 0 Å². The molecule has 0 aliphatic carbocycles. The van der Waals surface area contributed by atoms with Crippen LogP contribution in [0.4, 0.5) is 13.6 Å². The van der Waals surface area contributed by atoms with E-state index in [-0.39, 0.29) is 5.56 Å². The zero-order valence-corrected chi connectivity index (χ0v) is 10.3. The molecule has 1 fully saturated rings. The van der Waals surface area contributed by atoms with E-state index in [9.17, 15) is 23.2 Å². The highest BCUT2D eigenvalue weighted by molar-refractivity contribution is 6.08.